The van der Waals surface area contributed by atoms with Gasteiger partial charge < -0.3 is 5.11 Å². The van der Waals surface area contributed by atoms with Crippen LogP contribution in [0, 0.1) is 11.3 Å². The van der Waals surface area contributed by atoms with Crippen molar-refractivity contribution in [2.75, 3.05) is 6.61 Å². The van der Waals surface area contributed by atoms with E-state index in [1.54, 1.807) is 0 Å². The van der Waals surface area contributed by atoms with Crippen molar-refractivity contribution in [2.45, 2.75) is 25.1 Å². The van der Waals surface area contributed by atoms with Crippen molar-refractivity contribution in [2.24, 2.45) is 0 Å². The minimum atomic E-state index is -4.96. The third-order valence-electron chi connectivity index (χ3n) is 1.93. The fourth-order valence-electron chi connectivity index (χ4n) is 1.23. The Morgan fingerprint density at radius 3 is 2.33 bits per heavy atom. The molecule has 1 heterocycles. The molecule has 1 aromatic rings. The Kier molecular flexibility index (Phi) is 3.85. The molecule has 1 aromatic heterocycles. The zero-order chi connectivity index (χ0) is 14.0. The van der Waals surface area contributed by atoms with Crippen LogP contribution in [0.3, 0.4) is 0 Å². The van der Waals surface area contributed by atoms with Gasteiger partial charge in [-0.2, -0.15) is 18.4 Å². The Bertz CT molecular complexity index is 461. The summed E-state index contributed by atoms with van der Waals surface area (Å²) < 4.78 is 63.5. The van der Waals surface area contributed by atoms with Crippen molar-refractivity contribution in [3.63, 3.8) is 0 Å². The predicted molar refractivity (Wildman–Crippen MR) is 46.4 cm³/mol. The molecular formula is C8H7F5N4O. The topological polar surface area (TPSA) is 74.7 Å². The highest BCUT2D eigenvalue weighted by Crippen LogP contribution is 2.32. The first-order valence-corrected chi connectivity index (χ1v) is 4.56. The van der Waals surface area contributed by atoms with Crippen LogP contribution in [0.5, 0.6) is 0 Å². The van der Waals surface area contributed by atoms with Crippen LogP contribution in [0.2, 0.25) is 0 Å². The standard InChI is InChI=1S/C8H7F5N4O/c9-7(10,4-18)3-17-6(8(11,12)13)5(1-2-14)15-16-17/h18H,1,3-4H2. The third kappa shape index (κ3) is 3.13. The highest BCUT2D eigenvalue weighted by atomic mass is 19.4. The first-order valence-electron chi connectivity index (χ1n) is 4.56. The van der Waals surface area contributed by atoms with Crippen molar-refractivity contribution < 1.29 is 27.1 Å². The molecule has 0 unspecified atom stereocenters. The van der Waals surface area contributed by atoms with Gasteiger partial charge in [0.2, 0.25) is 0 Å². The molecule has 0 aliphatic carbocycles. The van der Waals surface area contributed by atoms with Crippen LogP contribution < -0.4 is 0 Å². The maximum atomic E-state index is 12.8. The van der Waals surface area contributed by atoms with Crippen molar-refractivity contribution in [3.05, 3.63) is 11.4 Å². The highest BCUT2D eigenvalue weighted by Gasteiger charge is 2.41. The number of aliphatic hydroxyl groups is 1. The van der Waals surface area contributed by atoms with E-state index < -0.39 is 43.1 Å². The van der Waals surface area contributed by atoms with Crippen LogP contribution in [-0.2, 0) is 19.1 Å². The van der Waals surface area contributed by atoms with E-state index in [1.165, 1.54) is 6.07 Å². The number of nitrogens with zero attached hydrogens (tertiary/aromatic N) is 4. The summed E-state index contributed by atoms with van der Waals surface area (Å²) in [5.41, 5.74) is -2.23. The molecule has 0 amide bonds. The van der Waals surface area contributed by atoms with Crippen LogP contribution >= 0.6 is 0 Å². The second kappa shape index (κ2) is 4.85. The van der Waals surface area contributed by atoms with Crippen molar-refractivity contribution in [1.29, 1.82) is 5.26 Å². The predicted octanol–water partition coefficient (Wildman–Crippen LogP) is 0.991. The van der Waals surface area contributed by atoms with Crippen LogP contribution in [0.15, 0.2) is 0 Å². The van der Waals surface area contributed by atoms with Gasteiger partial charge in [-0.3, -0.25) is 0 Å². The molecule has 0 bridgehead atoms. The molecule has 18 heavy (non-hydrogen) atoms. The first kappa shape index (κ1) is 14.3. The zero-order valence-electron chi connectivity index (χ0n) is 8.75. The van der Waals surface area contributed by atoms with E-state index in [0.717, 1.165) is 0 Å². The van der Waals surface area contributed by atoms with E-state index >= 15 is 0 Å². The number of hydrogen-bond donors (Lipinski definition) is 1. The molecule has 0 aliphatic rings. The zero-order valence-corrected chi connectivity index (χ0v) is 8.75. The molecule has 0 spiro atoms. The van der Waals surface area contributed by atoms with Crippen molar-refractivity contribution in [3.8, 4) is 6.07 Å². The van der Waals surface area contributed by atoms with Crippen LogP contribution in [0.4, 0.5) is 22.0 Å². The molecule has 100 valence electrons. The lowest BCUT2D eigenvalue weighted by atomic mass is 10.2. The summed E-state index contributed by atoms with van der Waals surface area (Å²) in [5, 5.41) is 22.6. The van der Waals surface area contributed by atoms with Gasteiger partial charge >= 0.3 is 6.18 Å². The number of rotatable bonds is 4. The molecule has 5 nitrogen and oxygen atoms in total. The van der Waals surface area contributed by atoms with Crippen LogP contribution in [0.1, 0.15) is 11.4 Å². The molecule has 0 fully saturated rings. The molecular weight excluding hydrogens is 263 g/mol. The lowest BCUT2D eigenvalue weighted by molar-refractivity contribution is -0.148. The number of aliphatic hydroxyl groups excluding tert-OH is 1. The fourth-order valence-corrected chi connectivity index (χ4v) is 1.23. The van der Waals surface area contributed by atoms with E-state index in [0.29, 0.717) is 0 Å². The van der Waals surface area contributed by atoms with Gasteiger partial charge in [-0.1, -0.05) is 5.21 Å². The number of nitriles is 1. The summed E-state index contributed by atoms with van der Waals surface area (Å²) in [7, 11) is 0. The van der Waals surface area contributed by atoms with Crippen LogP contribution in [0.25, 0.3) is 0 Å². The normalized spacial score (nSPS) is 12.5. The van der Waals surface area contributed by atoms with E-state index in [9.17, 15) is 22.0 Å². The Morgan fingerprint density at radius 1 is 1.28 bits per heavy atom. The minimum absolute atomic E-state index is 0.0527. The van der Waals surface area contributed by atoms with Gasteiger partial charge in [-0.25, -0.2) is 13.5 Å². The second-order valence-electron chi connectivity index (χ2n) is 3.39. The average molecular weight is 270 g/mol. The van der Waals surface area contributed by atoms with E-state index in [1.807, 2.05) is 0 Å². The Balaban J connectivity index is 3.18. The minimum Gasteiger partial charge on any atom is -0.390 e. The van der Waals surface area contributed by atoms with E-state index in [2.05, 4.69) is 10.3 Å². The average Bonchev–Trinajstić information content (AvgIpc) is 2.60. The molecule has 0 atom stereocenters. The Hall–Kier alpha value is -1.76. The first-order chi connectivity index (χ1) is 8.21. The molecule has 10 heteroatoms. The molecule has 0 saturated heterocycles. The third-order valence-corrected chi connectivity index (χ3v) is 1.93. The molecule has 1 N–H and O–H groups in total. The molecule has 1 rings (SSSR count). The highest BCUT2D eigenvalue weighted by molar-refractivity contribution is 5.17. The van der Waals surface area contributed by atoms with E-state index in [4.69, 9.17) is 10.4 Å². The van der Waals surface area contributed by atoms with Gasteiger partial charge in [0, 0.05) is 0 Å². The summed E-state index contributed by atoms with van der Waals surface area (Å²) >= 11 is 0. The van der Waals surface area contributed by atoms with Gasteiger partial charge in [-0.15, -0.1) is 5.10 Å². The number of hydrogen-bond acceptors (Lipinski definition) is 4. The summed E-state index contributed by atoms with van der Waals surface area (Å²) in [4.78, 5) is 0. The maximum absolute atomic E-state index is 12.8. The van der Waals surface area contributed by atoms with Gasteiger partial charge in [0.1, 0.15) is 18.8 Å². The van der Waals surface area contributed by atoms with Crippen LogP contribution in [-0.4, -0.2) is 32.6 Å². The second-order valence-corrected chi connectivity index (χ2v) is 3.39. The van der Waals surface area contributed by atoms with Gasteiger partial charge in [0.15, 0.2) is 5.69 Å². The molecule has 0 saturated carbocycles. The maximum Gasteiger partial charge on any atom is 0.434 e. The Morgan fingerprint density at radius 2 is 1.89 bits per heavy atom. The monoisotopic (exact) mass is 270 g/mol. The number of halogens is 5. The largest absolute Gasteiger partial charge is 0.434 e. The lowest BCUT2D eigenvalue weighted by Gasteiger charge is -2.15. The molecule has 0 aliphatic heterocycles. The quantitative estimate of drug-likeness (QED) is 0.828. The van der Waals surface area contributed by atoms with Crippen molar-refractivity contribution in [1.82, 2.24) is 15.0 Å². The van der Waals surface area contributed by atoms with E-state index in [-0.39, 0.29) is 4.68 Å². The SMILES string of the molecule is N#CCc1nnn(CC(F)(F)CO)c1C(F)(F)F. The molecule has 0 radical (unpaired) electrons. The van der Waals surface area contributed by atoms with Gasteiger partial charge in [0.25, 0.3) is 5.92 Å². The summed E-state index contributed by atoms with van der Waals surface area (Å²) in [5.74, 6) is -3.75. The van der Waals surface area contributed by atoms with Crippen molar-refractivity contribution >= 4 is 0 Å². The lowest BCUT2D eigenvalue weighted by Crippen LogP contribution is -2.31. The Labute approximate surface area is 97.4 Å². The van der Waals surface area contributed by atoms with Gasteiger partial charge in [-0.05, 0) is 0 Å². The fraction of sp³-hybridized carbons (Fsp3) is 0.625. The summed E-state index contributed by atoms with van der Waals surface area (Å²) in [6, 6.07) is 1.43. The number of aromatic nitrogens is 3. The summed E-state index contributed by atoms with van der Waals surface area (Å²) in [6.07, 6.45) is -5.65. The van der Waals surface area contributed by atoms with Gasteiger partial charge in [0.05, 0.1) is 12.5 Å². The smallest absolute Gasteiger partial charge is 0.390 e. The number of alkyl halides is 5. The molecule has 0 aromatic carbocycles. The summed E-state index contributed by atoms with van der Waals surface area (Å²) in [6.45, 7) is -3.07.